The Hall–Kier alpha value is -1.97. The van der Waals surface area contributed by atoms with Crippen LogP contribution in [0.3, 0.4) is 0 Å². The molecular formula is C11H9FN2O. The molecular weight excluding hydrogens is 195 g/mol. The Morgan fingerprint density at radius 2 is 2.20 bits per heavy atom. The highest BCUT2D eigenvalue weighted by Gasteiger charge is 2.04. The molecule has 0 aliphatic rings. The van der Waals surface area contributed by atoms with E-state index in [0.717, 1.165) is 5.82 Å². The van der Waals surface area contributed by atoms with Crippen molar-refractivity contribution >= 4 is 6.29 Å². The summed E-state index contributed by atoms with van der Waals surface area (Å²) in [6.45, 7) is 1.81. The van der Waals surface area contributed by atoms with E-state index in [1.54, 1.807) is 23.0 Å². The second kappa shape index (κ2) is 3.65. The van der Waals surface area contributed by atoms with Gasteiger partial charge in [0.2, 0.25) is 0 Å². The van der Waals surface area contributed by atoms with Gasteiger partial charge in [0, 0.05) is 18.0 Å². The fourth-order valence-electron chi connectivity index (χ4n) is 1.45. The predicted octanol–water partition coefficient (Wildman–Crippen LogP) is 2.13. The Morgan fingerprint density at radius 1 is 1.40 bits per heavy atom. The highest BCUT2D eigenvalue weighted by molar-refractivity contribution is 5.76. The molecule has 0 amide bonds. The van der Waals surface area contributed by atoms with Crippen LogP contribution in [-0.4, -0.2) is 15.8 Å². The van der Waals surface area contributed by atoms with E-state index < -0.39 is 5.82 Å². The largest absolute Gasteiger partial charge is 0.304 e. The zero-order chi connectivity index (χ0) is 10.8. The Morgan fingerprint density at radius 3 is 2.80 bits per heavy atom. The molecule has 3 nitrogen and oxygen atoms in total. The summed E-state index contributed by atoms with van der Waals surface area (Å²) in [5.74, 6) is 0.320. The molecule has 1 aromatic heterocycles. The number of nitrogens with zero attached hydrogens (tertiary/aromatic N) is 2. The molecule has 0 bridgehead atoms. The normalized spacial score (nSPS) is 10.3. The highest BCUT2D eigenvalue weighted by Crippen LogP contribution is 2.14. The molecule has 0 spiro atoms. The minimum Gasteiger partial charge on any atom is -0.304 e. The molecule has 0 atom stereocenters. The number of aldehydes is 1. The van der Waals surface area contributed by atoms with Gasteiger partial charge in [-0.1, -0.05) is 0 Å². The SMILES string of the molecule is Cc1nccn1-c1cc(F)cc(C=O)c1. The smallest absolute Gasteiger partial charge is 0.150 e. The number of hydrogen-bond donors (Lipinski definition) is 0. The van der Waals surface area contributed by atoms with Gasteiger partial charge in [-0.3, -0.25) is 4.79 Å². The van der Waals surface area contributed by atoms with Crippen LogP contribution >= 0.6 is 0 Å². The molecule has 0 unspecified atom stereocenters. The highest BCUT2D eigenvalue weighted by atomic mass is 19.1. The average molecular weight is 204 g/mol. The van der Waals surface area contributed by atoms with Crippen molar-refractivity contribution in [2.75, 3.05) is 0 Å². The van der Waals surface area contributed by atoms with Gasteiger partial charge >= 0.3 is 0 Å². The fraction of sp³-hybridized carbons (Fsp3) is 0.0909. The standard InChI is InChI=1S/C11H9FN2O/c1-8-13-2-3-14(8)11-5-9(7-15)4-10(12)6-11/h2-7H,1H3. The first-order valence-electron chi connectivity index (χ1n) is 4.47. The molecule has 1 heterocycles. The second-order valence-corrected chi connectivity index (χ2v) is 3.21. The summed E-state index contributed by atoms with van der Waals surface area (Å²) in [6.07, 6.45) is 3.97. The van der Waals surface area contributed by atoms with Crippen LogP contribution in [0.15, 0.2) is 30.6 Å². The summed E-state index contributed by atoms with van der Waals surface area (Å²) in [5.41, 5.74) is 0.921. The summed E-state index contributed by atoms with van der Waals surface area (Å²) < 4.78 is 14.9. The maximum atomic E-state index is 13.1. The molecule has 2 rings (SSSR count). The van der Waals surface area contributed by atoms with Crippen LogP contribution in [0.25, 0.3) is 5.69 Å². The molecule has 4 heteroatoms. The molecule has 2 aromatic rings. The van der Waals surface area contributed by atoms with Gasteiger partial charge in [0.25, 0.3) is 0 Å². The van der Waals surface area contributed by atoms with Gasteiger partial charge in [-0.2, -0.15) is 0 Å². The van der Waals surface area contributed by atoms with Gasteiger partial charge in [-0.15, -0.1) is 0 Å². The number of rotatable bonds is 2. The fourth-order valence-corrected chi connectivity index (χ4v) is 1.45. The minimum atomic E-state index is -0.428. The molecule has 76 valence electrons. The van der Waals surface area contributed by atoms with Gasteiger partial charge in [0.15, 0.2) is 0 Å². The lowest BCUT2D eigenvalue weighted by Crippen LogP contribution is -1.97. The van der Waals surface area contributed by atoms with E-state index in [9.17, 15) is 9.18 Å². The van der Waals surface area contributed by atoms with Crippen LogP contribution < -0.4 is 0 Å². The molecule has 0 N–H and O–H groups in total. The van der Waals surface area contributed by atoms with Crippen molar-refractivity contribution < 1.29 is 9.18 Å². The summed E-state index contributed by atoms with van der Waals surface area (Å²) in [4.78, 5) is 14.6. The zero-order valence-corrected chi connectivity index (χ0v) is 8.14. The van der Waals surface area contributed by atoms with Crippen molar-refractivity contribution in [2.45, 2.75) is 6.92 Å². The first kappa shape index (κ1) is 9.58. The topological polar surface area (TPSA) is 34.9 Å². The van der Waals surface area contributed by atoms with Crippen LogP contribution in [0.4, 0.5) is 4.39 Å². The molecule has 15 heavy (non-hydrogen) atoms. The maximum absolute atomic E-state index is 13.1. The van der Waals surface area contributed by atoms with Gasteiger partial charge < -0.3 is 4.57 Å². The zero-order valence-electron chi connectivity index (χ0n) is 8.14. The number of imidazole rings is 1. The number of halogens is 1. The van der Waals surface area contributed by atoms with Gasteiger partial charge in [-0.05, 0) is 25.1 Å². The van der Waals surface area contributed by atoms with Gasteiger partial charge in [-0.25, -0.2) is 9.37 Å². The quantitative estimate of drug-likeness (QED) is 0.702. The Labute approximate surface area is 86.2 Å². The summed E-state index contributed by atoms with van der Waals surface area (Å²) >= 11 is 0. The predicted molar refractivity (Wildman–Crippen MR) is 53.6 cm³/mol. The van der Waals surface area contributed by atoms with Crippen molar-refractivity contribution in [3.05, 3.63) is 47.8 Å². The number of carbonyl (C=O) groups excluding carboxylic acids is 1. The number of aryl methyl sites for hydroxylation is 1. The van der Waals surface area contributed by atoms with E-state index in [-0.39, 0.29) is 0 Å². The Balaban J connectivity index is 2.58. The molecule has 0 aliphatic heterocycles. The van der Waals surface area contributed by atoms with Crippen molar-refractivity contribution in [1.29, 1.82) is 0 Å². The molecule has 0 aliphatic carbocycles. The average Bonchev–Trinajstić information content (AvgIpc) is 2.63. The third kappa shape index (κ3) is 1.79. The lowest BCUT2D eigenvalue weighted by atomic mass is 10.2. The number of carbonyl (C=O) groups is 1. The van der Waals surface area contributed by atoms with E-state index in [2.05, 4.69) is 4.98 Å². The Bertz CT molecular complexity index is 505. The lowest BCUT2D eigenvalue weighted by Gasteiger charge is -2.05. The Kier molecular flexibility index (Phi) is 2.33. The first-order chi connectivity index (χ1) is 7.20. The summed E-state index contributed by atoms with van der Waals surface area (Å²) in [5, 5.41) is 0. The lowest BCUT2D eigenvalue weighted by molar-refractivity contribution is 0.112. The molecule has 0 fully saturated rings. The van der Waals surface area contributed by atoms with Gasteiger partial charge in [0.1, 0.15) is 17.9 Å². The minimum absolute atomic E-state index is 0.318. The van der Waals surface area contributed by atoms with Gasteiger partial charge in [0.05, 0.1) is 5.69 Å². The number of benzene rings is 1. The maximum Gasteiger partial charge on any atom is 0.150 e. The van der Waals surface area contributed by atoms with Crippen molar-refractivity contribution in [3.63, 3.8) is 0 Å². The van der Waals surface area contributed by atoms with Crippen LogP contribution in [0.2, 0.25) is 0 Å². The second-order valence-electron chi connectivity index (χ2n) is 3.21. The number of hydrogen-bond acceptors (Lipinski definition) is 2. The van der Waals surface area contributed by atoms with E-state index >= 15 is 0 Å². The third-order valence-corrected chi connectivity index (χ3v) is 2.14. The van der Waals surface area contributed by atoms with Crippen molar-refractivity contribution in [3.8, 4) is 5.69 Å². The van der Waals surface area contributed by atoms with Crippen LogP contribution in [0, 0.1) is 12.7 Å². The van der Waals surface area contributed by atoms with Crippen LogP contribution in [0.1, 0.15) is 16.2 Å². The molecule has 0 radical (unpaired) electrons. The van der Waals surface area contributed by atoms with Crippen molar-refractivity contribution in [2.24, 2.45) is 0 Å². The van der Waals surface area contributed by atoms with E-state index in [0.29, 0.717) is 17.5 Å². The number of aromatic nitrogens is 2. The van der Waals surface area contributed by atoms with Crippen LogP contribution in [0.5, 0.6) is 0 Å². The van der Waals surface area contributed by atoms with Crippen LogP contribution in [-0.2, 0) is 0 Å². The van der Waals surface area contributed by atoms with E-state index in [1.165, 1.54) is 12.1 Å². The molecule has 0 saturated heterocycles. The molecule has 1 aromatic carbocycles. The van der Waals surface area contributed by atoms with E-state index in [4.69, 9.17) is 0 Å². The molecule has 0 saturated carbocycles. The third-order valence-electron chi connectivity index (χ3n) is 2.14. The first-order valence-corrected chi connectivity index (χ1v) is 4.47. The van der Waals surface area contributed by atoms with Crippen molar-refractivity contribution in [1.82, 2.24) is 9.55 Å². The monoisotopic (exact) mass is 204 g/mol. The summed E-state index contributed by atoms with van der Waals surface area (Å²) in [6, 6.07) is 4.18. The van der Waals surface area contributed by atoms with E-state index in [1.807, 2.05) is 6.92 Å². The summed E-state index contributed by atoms with van der Waals surface area (Å²) in [7, 11) is 0.